The zero-order chi connectivity index (χ0) is 31.4. The second-order valence-electron chi connectivity index (χ2n) is 14.0. The van der Waals surface area contributed by atoms with E-state index in [1.54, 1.807) is 23.9 Å². The number of para-hydroxylation sites is 1. The number of urea groups is 1. The lowest BCUT2D eigenvalue weighted by Gasteiger charge is -2.42. The molecule has 0 unspecified atom stereocenters. The first-order valence-corrected chi connectivity index (χ1v) is 17.7. The van der Waals surface area contributed by atoms with Crippen LogP contribution in [0.15, 0.2) is 47.6 Å². The van der Waals surface area contributed by atoms with E-state index in [0.29, 0.717) is 55.2 Å². The molecule has 0 bridgehead atoms. The van der Waals surface area contributed by atoms with E-state index in [2.05, 4.69) is 79.4 Å². The van der Waals surface area contributed by atoms with Crippen LogP contribution in [0, 0.1) is 5.92 Å². The molecule has 7 nitrogen and oxygen atoms in total. The van der Waals surface area contributed by atoms with E-state index in [0.717, 1.165) is 17.7 Å². The van der Waals surface area contributed by atoms with Crippen molar-refractivity contribution in [2.24, 2.45) is 5.92 Å². The maximum atomic E-state index is 14.0. The molecule has 1 aliphatic carbocycles. The van der Waals surface area contributed by atoms with Gasteiger partial charge in [0.25, 0.3) is 0 Å². The molecule has 234 valence electrons. The van der Waals surface area contributed by atoms with Crippen molar-refractivity contribution in [1.82, 2.24) is 9.80 Å². The van der Waals surface area contributed by atoms with E-state index in [9.17, 15) is 9.59 Å². The number of benzene rings is 1. The fourth-order valence-corrected chi connectivity index (χ4v) is 12.3. The third kappa shape index (κ3) is 7.74. The van der Waals surface area contributed by atoms with E-state index in [1.807, 2.05) is 24.3 Å². The lowest BCUT2D eigenvalue weighted by atomic mass is 9.93. The standard InChI is InChI=1S/C34H55N3O4Si/c1-24(2)42(25(3)4,26(5)6)41-21-29(18-19-40-34(7,8)9)27-16-17-28(20-27)32(38)30-14-12-13-15-31(30)37-22-35(10)33(39)36(11)23-37/h12-15,17-18,24-27H,16,19-23H2,1-11H3/b29-18-/t27-/m1/s1. The lowest BCUT2D eigenvalue weighted by molar-refractivity contribution is 0.0144. The molecule has 1 fully saturated rings. The van der Waals surface area contributed by atoms with Crippen LogP contribution in [0.25, 0.3) is 0 Å². The van der Waals surface area contributed by atoms with Crippen LogP contribution in [-0.4, -0.2) is 76.2 Å². The third-order valence-corrected chi connectivity index (χ3v) is 15.0. The van der Waals surface area contributed by atoms with E-state index in [1.165, 1.54) is 5.57 Å². The van der Waals surface area contributed by atoms with Crippen molar-refractivity contribution in [2.75, 3.05) is 45.5 Å². The van der Waals surface area contributed by atoms with E-state index < -0.39 is 8.32 Å². The van der Waals surface area contributed by atoms with Crippen LogP contribution < -0.4 is 4.90 Å². The summed E-state index contributed by atoms with van der Waals surface area (Å²) in [6, 6.07) is 7.74. The monoisotopic (exact) mass is 597 g/mol. The number of rotatable bonds is 12. The minimum atomic E-state index is -2.05. The van der Waals surface area contributed by atoms with Crippen LogP contribution in [0.4, 0.5) is 10.5 Å². The number of hydrogen-bond donors (Lipinski definition) is 0. The van der Waals surface area contributed by atoms with Gasteiger partial charge in [0, 0.05) is 19.7 Å². The van der Waals surface area contributed by atoms with Crippen molar-refractivity contribution >= 4 is 25.8 Å². The van der Waals surface area contributed by atoms with Gasteiger partial charge in [-0.05, 0) is 79.4 Å². The SMILES string of the molecule is CC(C)[Si](OC/C(=C/COC(C)(C)C)[C@@H]1CC=C(C(=O)c2ccccc2N2CN(C)C(=O)N(C)C2)C1)(C(C)C)C(C)C. The highest BCUT2D eigenvalue weighted by Gasteiger charge is 2.45. The van der Waals surface area contributed by atoms with Crippen molar-refractivity contribution in [1.29, 1.82) is 0 Å². The molecule has 1 atom stereocenters. The summed E-state index contributed by atoms with van der Waals surface area (Å²) in [5, 5.41) is 0. The van der Waals surface area contributed by atoms with Gasteiger partial charge in [0.15, 0.2) is 5.78 Å². The average Bonchev–Trinajstić information content (AvgIpc) is 3.39. The van der Waals surface area contributed by atoms with Gasteiger partial charge in [-0.25, -0.2) is 4.79 Å². The number of ketones is 1. The Balaban J connectivity index is 1.83. The van der Waals surface area contributed by atoms with E-state index in [4.69, 9.17) is 9.16 Å². The average molecular weight is 598 g/mol. The summed E-state index contributed by atoms with van der Waals surface area (Å²) in [6.45, 7) is 22.1. The van der Waals surface area contributed by atoms with Gasteiger partial charge in [0.1, 0.15) is 0 Å². The summed E-state index contributed by atoms with van der Waals surface area (Å²) < 4.78 is 13.1. The van der Waals surface area contributed by atoms with Gasteiger partial charge in [-0.15, -0.1) is 0 Å². The maximum Gasteiger partial charge on any atom is 0.322 e. The van der Waals surface area contributed by atoms with Gasteiger partial charge in [-0.2, -0.15) is 0 Å². The van der Waals surface area contributed by atoms with E-state index in [-0.39, 0.29) is 23.3 Å². The lowest BCUT2D eigenvalue weighted by Crippen LogP contribution is -2.55. The molecule has 3 rings (SSSR count). The number of amides is 2. The molecule has 8 heteroatoms. The van der Waals surface area contributed by atoms with Gasteiger partial charge >= 0.3 is 6.03 Å². The molecule has 1 aromatic carbocycles. The summed E-state index contributed by atoms with van der Waals surface area (Å²) >= 11 is 0. The number of allylic oxidation sites excluding steroid dienone is 2. The minimum Gasteiger partial charge on any atom is -0.412 e. The molecule has 0 saturated carbocycles. The molecule has 2 amide bonds. The Kier molecular flexibility index (Phi) is 11.3. The minimum absolute atomic E-state index is 0.0205. The molecular weight excluding hydrogens is 542 g/mol. The third-order valence-electron chi connectivity index (χ3n) is 8.90. The number of nitrogens with zero attached hydrogens (tertiary/aromatic N) is 3. The Hall–Kier alpha value is -2.42. The Morgan fingerprint density at radius 1 is 1.00 bits per heavy atom. The predicted octanol–water partition coefficient (Wildman–Crippen LogP) is 7.86. The Labute approximate surface area is 256 Å². The molecule has 2 aliphatic rings. The first-order chi connectivity index (χ1) is 19.6. The van der Waals surface area contributed by atoms with Gasteiger partial charge < -0.3 is 23.9 Å². The van der Waals surface area contributed by atoms with Crippen LogP contribution in [0.3, 0.4) is 0 Å². The second-order valence-corrected chi connectivity index (χ2v) is 19.5. The molecule has 0 radical (unpaired) electrons. The number of anilines is 1. The number of Topliss-reactive ketones (excluding diaryl/α,β-unsaturated/α-hetero) is 1. The van der Waals surface area contributed by atoms with E-state index >= 15 is 0 Å². The first kappa shape index (κ1) is 34.1. The zero-order valence-electron chi connectivity index (χ0n) is 28.0. The first-order valence-electron chi connectivity index (χ1n) is 15.6. The zero-order valence-corrected chi connectivity index (χ0v) is 29.0. The molecular formula is C34H55N3O4Si. The summed E-state index contributed by atoms with van der Waals surface area (Å²) in [7, 11) is 1.52. The fourth-order valence-electron chi connectivity index (χ4n) is 6.87. The van der Waals surface area contributed by atoms with Crippen LogP contribution in [0.2, 0.25) is 16.6 Å². The van der Waals surface area contributed by atoms with Crippen molar-refractivity contribution in [2.45, 2.75) is 97.4 Å². The van der Waals surface area contributed by atoms with Crippen molar-refractivity contribution < 1.29 is 18.8 Å². The number of carbonyl (C=O) groups is 2. The molecule has 0 aromatic heterocycles. The number of hydrogen-bond acceptors (Lipinski definition) is 5. The van der Waals surface area contributed by atoms with Crippen LogP contribution >= 0.6 is 0 Å². The summed E-state index contributed by atoms with van der Waals surface area (Å²) in [5.41, 5.74) is 4.92. The predicted molar refractivity (Wildman–Crippen MR) is 176 cm³/mol. The van der Waals surface area contributed by atoms with Crippen LogP contribution in [-0.2, 0) is 9.16 Å². The Morgan fingerprint density at radius 2 is 1.57 bits per heavy atom. The highest BCUT2D eigenvalue weighted by molar-refractivity contribution is 6.77. The number of carbonyl (C=O) groups excluding carboxylic acids is 2. The molecule has 0 N–H and O–H groups in total. The van der Waals surface area contributed by atoms with Crippen LogP contribution in [0.1, 0.15) is 85.5 Å². The highest BCUT2D eigenvalue weighted by Crippen LogP contribution is 2.43. The van der Waals surface area contributed by atoms with Gasteiger partial charge in [0.05, 0.1) is 37.8 Å². The largest absolute Gasteiger partial charge is 0.412 e. The van der Waals surface area contributed by atoms with Gasteiger partial charge in [-0.1, -0.05) is 65.8 Å². The topological polar surface area (TPSA) is 62.3 Å². The molecule has 1 aliphatic heterocycles. The Morgan fingerprint density at radius 3 is 2.12 bits per heavy atom. The van der Waals surface area contributed by atoms with Crippen molar-refractivity contribution in [3.63, 3.8) is 0 Å². The normalized spacial score (nSPS) is 19.0. The van der Waals surface area contributed by atoms with Gasteiger partial charge in [0.2, 0.25) is 8.32 Å². The molecule has 1 heterocycles. The molecule has 0 spiro atoms. The van der Waals surface area contributed by atoms with Crippen molar-refractivity contribution in [3.05, 3.63) is 53.1 Å². The number of ether oxygens (including phenoxy) is 1. The molecule has 1 saturated heterocycles. The highest BCUT2D eigenvalue weighted by atomic mass is 28.4. The Bertz CT molecular complexity index is 1130. The molecule has 42 heavy (non-hydrogen) atoms. The van der Waals surface area contributed by atoms with Crippen molar-refractivity contribution in [3.8, 4) is 0 Å². The summed E-state index contributed by atoms with van der Waals surface area (Å²) in [4.78, 5) is 31.7. The molecule has 1 aromatic rings. The maximum absolute atomic E-state index is 14.0. The smallest absolute Gasteiger partial charge is 0.322 e. The van der Waals surface area contributed by atoms with Gasteiger partial charge in [-0.3, -0.25) is 4.79 Å². The quantitative estimate of drug-likeness (QED) is 0.139. The fraction of sp³-hybridized carbons (Fsp3) is 0.647. The second kappa shape index (κ2) is 13.9. The summed E-state index contributed by atoms with van der Waals surface area (Å²) in [6.07, 6.45) is 5.84. The summed E-state index contributed by atoms with van der Waals surface area (Å²) in [5.74, 6) is 0.277. The van der Waals surface area contributed by atoms with Crippen LogP contribution in [0.5, 0.6) is 0 Å².